The lowest BCUT2D eigenvalue weighted by atomic mass is 10.1. The number of benzene rings is 1. The van der Waals surface area contributed by atoms with Gasteiger partial charge in [0.05, 0.1) is 5.56 Å². The number of carbonyl (C=O) groups is 3. The fourth-order valence-corrected chi connectivity index (χ4v) is 2.30. The maximum atomic E-state index is 11.6. The van der Waals surface area contributed by atoms with E-state index in [4.69, 9.17) is 5.11 Å². The van der Waals surface area contributed by atoms with Crippen molar-refractivity contribution in [2.24, 2.45) is 0 Å². The molecule has 0 aliphatic carbocycles. The molecular formula is C14H17N3O4. The Labute approximate surface area is 121 Å². The summed E-state index contributed by atoms with van der Waals surface area (Å²) in [6, 6.07) is 4.49. The van der Waals surface area contributed by atoms with Crippen molar-refractivity contribution in [2.75, 3.05) is 25.0 Å². The summed E-state index contributed by atoms with van der Waals surface area (Å²) in [5, 5.41) is 13.5. The molecule has 2 rings (SSSR count). The van der Waals surface area contributed by atoms with Gasteiger partial charge in [0.15, 0.2) is 0 Å². The smallest absolute Gasteiger partial charge is 0.335 e. The van der Waals surface area contributed by atoms with Gasteiger partial charge in [-0.3, -0.25) is 10.1 Å². The van der Waals surface area contributed by atoms with Crippen molar-refractivity contribution in [3.8, 4) is 0 Å². The van der Waals surface area contributed by atoms with Crippen LogP contribution >= 0.6 is 0 Å². The molecule has 21 heavy (non-hydrogen) atoms. The van der Waals surface area contributed by atoms with Gasteiger partial charge in [-0.05, 0) is 24.1 Å². The molecule has 0 atom stereocenters. The Balaban J connectivity index is 1.99. The summed E-state index contributed by atoms with van der Waals surface area (Å²) in [7, 11) is 1.44. The van der Waals surface area contributed by atoms with E-state index in [0.29, 0.717) is 6.54 Å². The monoisotopic (exact) mass is 291 g/mol. The summed E-state index contributed by atoms with van der Waals surface area (Å²) in [6.07, 6.45) is 0.996. The molecule has 7 heteroatoms. The van der Waals surface area contributed by atoms with Crippen LogP contribution in [-0.4, -0.2) is 43.2 Å². The maximum Gasteiger partial charge on any atom is 0.335 e. The third kappa shape index (κ3) is 3.50. The molecule has 0 spiro atoms. The molecule has 0 saturated heterocycles. The average molecular weight is 291 g/mol. The normalized spacial score (nSPS) is 12.7. The van der Waals surface area contributed by atoms with Crippen molar-refractivity contribution in [1.29, 1.82) is 0 Å². The first-order valence-corrected chi connectivity index (χ1v) is 6.64. The molecule has 1 aromatic carbocycles. The lowest BCUT2D eigenvalue weighted by molar-refractivity contribution is -0.119. The molecule has 1 aliphatic rings. The maximum absolute atomic E-state index is 11.6. The van der Waals surface area contributed by atoms with E-state index in [2.05, 4.69) is 10.6 Å². The van der Waals surface area contributed by atoms with Crippen LogP contribution in [0, 0.1) is 0 Å². The predicted octanol–water partition coefficient (Wildman–Crippen LogP) is 0.593. The lowest BCUT2D eigenvalue weighted by Gasteiger charge is -2.19. The number of carboxylic acid groups (broad SMARTS) is 1. The summed E-state index contributed by atoms with van der Waals surface area (Å²) in [5.41, 5.74) is 2.16. The van der Waals surface area contributed by atoms with Gasteiger partial charge in [0.2, 0.25) is 5.91 Å². The standard InChI is InChI=1S/C14H17N3O4/c1-15-14(21)16-12(18)5-7-17-6-4-9-2-3-10(13(19)20)8-11(9)17/h2-3,8H,4-7H2,1H3,(H,19,20)(H2,15,16,18,21). The van der Waals surface area contributed by atoms with Crippen LogP contribution in [0.5, 0.6) is 0 Å². The lowest BCUT2D eigenvalue weighted by Crippen LogP contribution is -2.39. The van der Waals surface area contributed by atoms with Gasteiger partial charge >= 0.3 is 12.0 Å². The molecule has 0 unspecified atom stereocenters. The second-order valence-electron chi connectivity index (χ2n) is 4.76. The van der Waals surface area contributed by atoms with Crippen LogP contribution in [0.3, 0.4) is 0 Å². The molecule has 1 aliphatic heterocycles. The van der Waals surface area contributed by atoms with Gasteiger partial charge in [0.25, 0.3) is 0 Å². The number of aromatic carboxylic acids is 1. The molecule has 0 saturated carbocycles. The van der Waals surface area contributed by atoms with Gasteiger partial charge in [-0.25, -0.2) is 9.59 Å². The van der Waals surface area contributed by atoms with Crippen LogP contribution in [0.25, 0.3) is 0 Å². The van der Waals surface area contributed by atoms with Gasteiger partial charge in [-0.2, -0.15) is 0 Å². The van der Waals surface area contributed by atoms with Crippen LogP contribution in [0.4, 0.5) is 10.5 Å². The molecule has 1 aromatic rings. The quantitative estimate of drug-likeness (QED) is 0.754. The van der Waals surface area contributed by atoms with Crippen LogP contribution in [0.1, 0.15) is 22.3 Å². The predicted molar refractivity (Wildman–Crippen MR) is 76.5 cm³/mol. The van der Waals surface area contributed by atoms with Crippen molar-refractivity contribution in [1.82, 2.24) is 10.6 Å². The first-order valence-electron chi connectivity index (χ1n) is 6.64. The van der Waals surface area contributed by atoms with Crippen LogP contribution in [0.2, 0.25) is 0 Å². The largest absolute Gasteiger partial charge is 0.478 e. The minimum Gasteiger partial charge on any atom is -0.478 e. The van der Waals surface area contributed by atoms with Crippen LogP contribution < -0.4 is 15.5 Å². The molecular weight excluding hydrogens is 274 g/mol. The SMILES string of the molecule is CNC(=O)NC(=O)CCN1CCc2ccc(C(=O)O)cc21. The van der Waals surface area contributed by atoms with E-state index < -0.39 is 12.0 Å². The number of nitrogens with zero attached hydrogens (tertiary/aromatic N) is 1. The Hall–Kier alpha value is -2.57. The highest BCUT2D eigenvalue weighted by atomic mass is 16.4. The second kappa shape index (κ2) is 6.25. The number of nitrogens with one attached hydrogen (secondary N) is 2. The number of hydrogen-bond donors (Lipinski definition) is 3. The number of amides is 3. The first-order chi connectivity index (χ1) is 10.0. The summed E-state index contributed by atoms with van der Waals surface area (Å²) >= 11 is 0. The minimum absolute atomic E-state index is 0.171. The van der Waals surface area contributed by atoms with E-state index in [1.54, 1.807) is 12.1 Å². The molecule has 0 radical (unpaired) electrons. The van der Waals surface area contributed by atoms with E-state index >= 15 is 0 Å². The number of rotatable bonds is 4. The van der Waals surface area contributed by atoms with Crippen LogP contribution in [0.15, 0.2) is 18.2 Å². The van der Waals surface area contributed by atoms with E-state index in [1.807, 2.05) is 11.0 Å². The topological polar surface area (TPSA) is 98.7 Å². The molecule has 3 N–H and O–H groups in total. The third-order valence-electron chi connectivity index (χ3n) is 3.41. The molecule has 0 aromatic heterocycles. The number of anilines is 1. The Morgan fingerprint density at radius 3 is 2.76 bits per heavy atom. The summed E-state index contributed by atoms with van der Waals surface area (Å²) in [5.74, 6) is -1.33. The number of carbonyl (C=O) groups excluding carboxylic acids is 2. The minimum atomic E-state index is -0.970. The molecule has 112 valence electrons. The average Bonchev–Trinajstić information content (AvgIpc) is 2.87. The van der Waals surface area contributed by atoms with Crippen molar-refractivity contribution in [3.63, 3.8) is 0 Å². The Bertz CT molecular complexity index is 586. The van der Waals surface area contributed by atoms with Crippen molar-refractivity contribution < 1.29 is 19.5 Å². The Morgan fingerprint density at radius 2 is 2.10 bits per heavy atom. The summed E-state index contributed by atoms with van der Waals surface area (Å²) < 4.78 is 0. The second-order valence-corrected chi connectivity index (χ2v) is 4.76. The molecule has 3 amide bonds. The van der Waals surface area contributed by atoms with Crippen molar-refractivity contribution >= 4 is 23.6 Å². The molecule has 1 heterocycles. The number of urea groups is 1. The summed E-state index contributed by atoms with van der Waals surface area (Å²) in [6.45, 7) is 1.19. The fourth-order valence-electron chi connectivity index (χ4n) is 2.30. The molecule has 0 bridgehead atoms. The highest BCUT2D eigenvalue weighted by Gasteiger charge is 2.21. The Morgan fingerprint density at radius 1 is 1.33 bits per heavy atom. The van der Waals surface area contributed by atoms with Gasteiger partial charge in [0, 0.05) is 32.2 Å². The Kier molecular flexibility index (Phi) is 4.42. The van der Waals surface area contributed by atoms with Gasteiger partial charge in [-0.15, -0.1) is 0 Å². The third-order valence-corrected chi connectivity index (χ3v) is 3.41. The van der Waals surface area contributed by atoms with Crippen molar-refractivity contribution in [3.05, 3.63) is 29.3 Å². The number of carboxylic acids is 1. The molecule has 0 fully saturated rings. The van der Waals surface area contributed by atoms with E-state index in [-0.39, 0.29) is 17.9 Å². The van der Waals surface area contributed by atoms with Crippen LogP contribution in [-0.2, 0) is 11.2 Å². The van der Waals surface area contributed by atoms with Gasteiger partial charge < -0.3 is 15.3 Å². The van der Waals surface area contributed by atoms with E-state index in [9.17, 15) is 14.4 Å². The van der Waals surface area contributed by atoms with E-state index in [0.717, 1.165) is 24.2 Å². The zero-order valence-corrected chi connectivity index (χ0v) is 11.7. The number of fused-ring (bicyclic) bond motifs is 1. The molecule has 7 nitrogen and oxygen atoms in total. The van der Waals surface area contributed by atoms with Crippen molar-refractivity contribution in [2.45, 2.75) is 12.8 Å². The number of imide groups is 1. The van der Waals surface area contributed by atoms with Gasteiger partial charge in [-0.1, -0.05) is 6.07 Å². The van der Waals surface area contributed by atoms with E-state index in [1.165, 1.54) is 7.05 Å². The number of hydrogen-bond acceptors (Lipinski definition) is 4. The zero-order valence-electron chi connectivity index (χ0n) is 11.7. The highest BCUT2D eigenvalue weighted by Crippen LogP contribution is 2.29. The first kappa shape index (κ1) is 14.8. The summed E-state index contributed by atoms with van der Waals surface area (Å²) in [4.78, 5) is 35.5. The van der Waals surface area contributed by atoms with Gasteiger partial charge in [0.1, 0.15) is 0 Å². The fraction of sp³-hybridized carbons (Fsp3) is 0.357. The highest BCUT2D eigenvalue weighted by molar-refractivity contribution is 5.94. The zero-order chi connectivity index (χ0) is 15.4.